The van der Waals surface area contributed by atoms with Gasteiger partial charge < -0.3 is 15.6 Å². The summed E-state index contributed by atoms with van der Waals surface area (Å²) in [5, 5.41) is 0. The van der Waals surface area contributed by atoms with E-state index in [0.717, 1.165) is 47.4 Å². The van der Waals surface area contributed by atoms with E-state index in [1.165, 1.54) is 0 Å². The van der Waals surface area contributed by atoms with Gasteiger partial charge >= 0.3 is 0 Å². The molecule has 106 valence electrons. The lowest BCUT2D eigenvalue weighted by Crippen LogP contribution is -2.40. The minimum Gasteiger partial charge on any atom is -0.342 e. The molecular formula is C12H17BrCl2N4. The minimum absolute atomic E-state index is 0. The summed E-state index contributed by atoms with van der Waals surface area (Å²) in [7, 11) is 0. The highest BCUT2D eigenvalue weighted by Gasteiger charge is 2.18. The first kappa shape index (κ1) is 16.6. The van der Waals surface area contributed by atoms with Crippen molar-refractivity contribution in [3.63, 3.8) is 0 Å². The smallest absolute Gasteiger partial charge is 0.203 e. The Morgan fingerprint density at radius 1 is 1.26 bits per heavy atom. The number of halogens is 3. The van der Waals surface area contributed by atoms with E-state index in [4.69, 9.17) is 5.73 Å². The van der Waals surface area contributed by atoms with Gasteiger partial charge in [0.25, 0.3) is 0 Å². The number of hydrogen-bond donors (Lipinski definition) is 2. The predicted octanol–water partition coefficient (Wildman–Crippen LogP) is 3.10. The van der Waals surface area contributed by atoms with Gasteiger partial charge in [0.2, 0.25) is 5.95 Å². The summed E-state index contributed by atoms with van der Waals surface area (Å²) in [5.41, 5.74) is 7.99. The Morgan fingerprint density at radius 3 is 2.63 bits per heavy atom. The predicted molar refractivity (Wildman–Crippen MR) is 87.7 cm³/mol. The van der Waals surface area contributed by atoms with Gasteiger partial charge in [0, 0.05) is 23.6 Å². The molecule has 2 heterocycles. The SMILES string of the molecule is Cl.Cl.NC1CCN(c2nc3ccc(Br)cc3[nH]2)CC1. The molecule has 2 aromatic rings. The van der Waals surface area contributed by atoms with Gasteiger partial charge in [-0.1, -0.05) is 15.9 Å². The third kappa shape index (κ3) is 3.54. The highest BCUT2D eigenvalue weighted by Crippen LogP contribution is 2.23. The van der Waals surface area contributed by atoms with Crippen LogP contribution in [0.4, 0.5) is 5.95 Å². The fourth-order valence-corrected chi connectivity index (χ4v) is 2.59. The van der Waals surface area contributed by atoms with E-state index in [1.54, 1.807) is 0 Å². The molecule has 4 nitrogen and oxygen atoms in total. The monoisotopic (exact) mass is 366 g/mol. The fourth-order valence-electron chi connectivity index (χ4n) is 2.23. The molecule has 3 rings (SSSR count). The van der Waals surface area contributed by atoms with Gasteiger partial charge in [-0.15, -0.1) is 24.8 Å². The van der Waals surface area contributed by atoms with Crippen LogP contribution in [0.25, 0.3) is 11.0 Å². The number of piperidine rings is 1. The van der Waals surface area contributed by atoms with Crippen molar-refractivity contribution in [1.29, 1.82) is 0 Å². The summed E-state index contributed by atoms with van der Waals surface area (Å²) in [5.74, 6) is 0.963. The Labute approximate surface area is 133 Å². The zero-order valence-electron chi connectivity index (χ0n) is 10.3. The molecule has 1 aromatic heterocycles. The molecule has 1 saturated heterocycles. The van der Waals surface area contributed by atoms with Crippen molar-refractivity contribution in [2.24, 2.45) is 5.73 Å². The van der Waals surface area contributed by atoms with Crippen LogP contribution in [0.3, 0.4) is 0 Å². The number of nitrogens with one attached hydrogen (secondary N) is 1. The Bertz CT molecular complexity index is 538. The van der Waals surface area contributed by atoms with E-state index in [0.29, 0.717) is 6.04 Å². The van der Waals surface area contributed by atoms with Crippen LogP contribution in [0.1, 0.15) is 12.8 Å². The van der Waals surface area contributed by atoms with Gasteiger partial charge in [0.15, 0.2) is 0 Å². The van der Waals surface area contributed by atoms with Gasteiger partial charge in [-0.3, -0.25) is 0 Å². The Hall–Kier alpha value is -0.490. The largest absolute Gasteiger partial charge is 0.342 e. The van der Waals surface area contributed by atoms with Crippen LogP contribution in [0.5, 0.6) is 0 Å². The quantitative estimate of drug-likeness (QED) is 0.814. The highest BCUT2D eigenvalue weighted by molar-refractivity contribution is 9.10. The van der Waals surface area contributed by atoms with Crippen LogP contribution in [0.2, 0.25) is 0 Å². The number of H-pyrrole nitrogens is 1. The van der Waals surface area contributed by atoms with Crippen LogP contribution in [0.15, 0.2) is 22.7 Å². The van der Waals surface area contributed by atoms with Gasteiger partial charge in [0.1, 0.15) is 0 Å². The number of aromatic amines is 1. The van der Waals surface area contributed by atoms with E-state index in [-0.39, 0.29) is 24.8 Å². The van der Waals surface area contributed by atoms with Crippen LogP contribution < -0.4 is 10.6 Å². The van der Waals surface area contributed by atoms with Crippen LogP contribution >= 0.6 is 40.7 Å². The third-order valence-electron chi connectivity index (χ3n) is 3.27. The van der Waals surface area contributed by atoms with Gasteiger partial charge in [-0.25, -0.2) is 4.98 Å². The van der Waals surface area contributed by atoms with Gasteiger partial charge in [-0.2, -0.15) is 0 Å². The van der Waals surface area contributed by atoms with E-state index in [9.17, 15) is 0 Å². The van der Waals surface area contributed by atoms with Crippen molar-refractivity contribution in [2.45, 2.75) is 18.9 Å². The molecule has 0 aliphatic carbocycles. The zero-order chi connectivity index (χ0) is 11.8. The number of anilines is 1. The van der Waals surface area contributed by atoms with E-state index >= 15 is 0 Å². The number of hydrogen-bond acceptors (Lipinski definition) is 3. The minimum atomic E-state index is 0. The first-order valence-electron chi connectivity index (χ1n) is 5.88. The molecule has 0 amide bonds. The van der Waals surface area contributed by atoms with Gasteiger partial charge in [0.05, 0.1) is 11.0 Å². The number of fused-ring (bicyclic) bond motifs is 1. The molecular weight excluding hydrogens is 351 g/mol. The summed E-state index contributed by atoms with van der Waals surface area (Å²) >= 11 is 3.47. The van der Waals surface area contributed by atoms with Crippen LogP contribution in [-0.4, -0.2) is 29.1 Å². The molecule has 19 heavy (non-hydrogen) atoms. The number of rotatable bonds is 1. The second-order valence-corrected chi connectivity index (χ2v) is 5.46. The maximum atomic E-state index is 5.91. The molecule has 1 aliphatic rings. The summed E-state index contributed by atoms with van der Waals surface area (Å²) in [6, 6.07) is 6.44. The molecule has 0 saturated carbocycles. The standard InChI is InChI=1S/C12H15BrN4.2ClH/c13-8-1-2-10-11(7-8)16-12(15-10)17-5-3-9(14)4-6-17;;/h1-2,7,9H,3-6,14H2,(H,15,16);2*1H. The molecule has 0 spiro atoms. The molecule has 1 aliphatic heterocycles. The number of nitrogens with zero attached hydrogens (tertiary/aromatic N) is 2. The first-order valence-corrected chi connectivity index (χ1v) is 6.67. The molecule has 1 fully saturated rings. The lowest BCUT2D eigenvalue weighted by molar-refractivity contribution is 0.497. The third-order valence-corrected chi connectivity index (χ3v) is 3.76. The average molecular weight is 368 g/mol. The lowest BCUT2D eigenvalue weighted by Gasteiger charge is -2.29. The maximum Gasteiger partial charge on any atom is 0.203 e. The van der Waals surface area contributed by atoms with Crippen molar-refractivity contribution in [2.75, 3.05) is 18.0 Å². The number of nitrogens with two attached hydrogens (primary N) is 1. The number of aromatic nitrogens is 2. The van der Waals surface area contributed by atoms with Gasteiger partial charge in [-0.05, 0) is 31.0 Å². The highest BCUT2D eigenvalue weighted by atomic mass is 79.9. The molecule has 0 unspecified atom stereocenters. The Morgan fingerprint density at radius 2 is 1.95 bits per heavy atom. The normalized spacial score (nSPS) is 16.0. The molecule has 0 radical (unpaired) electrons. The van der Waals surface area contributed by atoms with Crippen molar-refractivity contribution in [1.82, 2.24) is 9.97 Å². The number of benzene rings is 1. The topological polar surface area (TPSA) is 57.9 Å². The number of imidazole rings is 1. The second kappa shape index (κ2) is 6.79. The molecule has 3 N–H and O–H groups in total. The van der Waals surface area contributed by atoms with E-state index in [1.807, 2.05) is 12.1 Å². The lowest BCUT2D eigenvalue weighted by atomic mass is 10.1. The molecule has 7 heteroatoms. The summed E-state index contributed by atoms with van der Waals surface area (Å²) < 4.78 is 1.07. The zero-order valence-corrected chi connectivity index (χ0v) is 13.5. The molecule has 0 bridgehead atoms. The molecule has 1 aromatic carbocycles. The van der Waals surface area contributed by atoms with Crippen LogP contribution in [0, 0.1) is 0 Å². The summed E-state index contributed by atoms with van der Waals surface area (Å²) in [4.78, 5) is 10.3. The van der Waals surface area contributed by atoms with Crippen molar-refractivity contribution in [3.8, 4) is 0 Å². The second-order valence-electron chi connectivity index (χ2n) is 4.55. The van der Waals surface area contributed by atoms with Crippen molar-refractivity contribution >= 4 is 57.7 Å². The summed E-state index contributed by atoms with van der Waals surface area (Å²) in [6.07, 6.45) is 2.08. The fraction of sp³-hybridized carbons (Fsp3) is 0.417. The van der Waals surface area contributed by atoms with E-state index in [2.05, 4.69) is 36.9 Å². The first-order chi connectivity index (χ1) is 8.22. The average Bonchev–Trinajstić information content (AvgIpc) is 2.72. The Balaban J connectivity index is 0.000000902. The maximum absolute atomic E-state index is 5.91. The van der Waals surface area contributed by atoms with Crippen molar-refractivity contribution < 1.29 is 0 Å². The van der Waals surface area contributed by atoms with E-state index < -0.39 is 0 Å². The van der Waals surface area contributed by atoms with Crippen LogP contribution in [-0.2, 0) is 0 Å². The Kier molecular flexibility index (Phi) is 5.92. The van der Waals surface area contributed by atoms with Crippen molar-refractivity contribution in [3.05, 3.63) is 22.7 Å². The molecule has 0 atom stereocenters. The summed E-state index contributed by atoms with van der Waals surface area (Å²) in [6.45, 7) is 1.98.